The molecule has 4 nitrogen and oxygen atoms in total. The standard InChI is InChI=1S/C22H23F3O4S/c1-3-28-21(27)13-29-20-11-10-19(12-15(20)2)30-14-18(26)9-6-16-4-7-17(8-5-16)22(23,24)25/h4-12,18,26H,3,13-14H2,1-2H3/b9-6+. The Labute approximate surface area is 177 Å². The quantitative estimate of drug-likeness (QED) is 0.433. The minimum atomic E-state index is -4.37. The number of esters is 1. The number of carbonyl (C=O) groups is 1. The van der Waals surface area contributed by atoms with Crippen LogP contribution in [0.15, 0.2) is 53.4 Å². The van der Waals surface area contributed by atoms with Crippen LogP contribution in [-0.4, -0.2) is 36.1 Å². The summed E-state index contributed by atoms with van der Waals surface area (Å²) in [6, 6.07) is 10.2. The number of thioether (sulfide) groups is 1. The van der Waals surface area contributed by atoms with E-state index in [1.54, 1.807) is 25.1 Å². The first-order valence-corrected chi connectivity index (χ1v) is 10.2. The molecule has 2 rings (SSSR count). The minimum absolute atomic E-state index is 0.158. The average molecular weight is 440 g/mol. The summed E-state index contributed by atoms with van der Waals surface area (Å²) in [5, 5.41) is 10.1. The minimum Gasteiger partial charge on any atom is -0.482 e. The summed E-state index contributed by atoms with van der Waals surface area (Å²) in [4.78, 5) is 12.3. The molecule has 1 unspecified atom stereocenters. The number of alkyl halides is 3. The first-order valence-electron chi connectivity index (χ1n) is 9.24. The maximum atomic E-state index is 12.6. The molecule has 0 amide bonds. The van der Waals surface area contributed by atoms with Gasteiger partial charge in [-0.05, 0) is 55.3 Å². The fraction of sp³-hybridized carbons (Fsp3) is 0.318. The van der Waals surface area contributed by atoms with E-state index in [0.717, 1.165) is 22.6 Å². The van der Waals surface area contributed by atoms with Gasteiger partial charge in [0.15, 0.2) is 6.61 Å². The van der Waals surface area contributed by atoms with Gasteiger partial charge in [0.2, 0.25) is 0 Å². The first-order chi connectivity index (χ1) is 14.2. The van der Waals surface area contributed by atoms with Crippen molar-refractivity contribution in [2.24, 2.45) is 0 Å². The van der Waals surface area contributed by atoms with Gasteiger partial charge in [-0.1, -0.05) is 24.3 Å². The molecule has 162 valence electrons. The lowest BCUT2D eigenvalue weighted by Crippen LogP contribution is -2.14. The van der Waals surface area contributed by atoms with Crippen molar-refractivity contribution >= 4 is 23.8 Å². The smallest absolute Gasteiger partial charge is 0.416 e. The normalized spacial score (nSPS) is 12.7. The molecular formula is C22H23F3O4S. The van der Waals surface area contributed by atoms with Gasteiger partial charge in [-0.2, -0.15) is 13.2 Å². The number of carbonyl (C=O) groups excluding carboxylic acids is 1. The lowest BCUT2D eigenvalue weighted by Gasteiger charge is -2.11. The van der Waals surface area contributed by atoms with Crippen LogP contribution in [0.1, 0.15) is 23.6 Å². The molecule has 1 atom stereocenters. The molecule has 2 aromatic rings. The van der Waals surface area contributed by atoms with Crippen LogP contribution in [0.4, 0.5) is 13.2 Å². The lowest BCUT2D eigenvalue weighted by atomic mass is 10.1. The fourth-order valence-corrected chi connectivity index (χ4v) is 3.35. The van der Waals surface area contributed by atoms with Crippen LogP contribution in [0.5, 0.6) is 5.75 Å². The lowest BCUT2D eigenvalue weighted by molar-refractivity contribution is -0.145. The molecule has 30 heavy (non-hydrogen) atoms. The monoisotopic (exact) mass is 440 g/mol. The van der Waals surface area contributed by atoms with Crippen LogP contribution in [0.2, 0.25) is 0 Å². The van der Waals surface area contributed by atoms with Crippen LogP contribution >= 0.6 is 11.8 Å². The first kappa shape index (κ1) is 23.8. The topological polar surface area (TPSA) is 55.8 Å². The maximum absolute atomic E-state index is 12.6. The molecule has 2 aromatic carbocycles. The van der Waals surface area contributed by atoms with E-state index in [1.165, 1.54) is 23.9 Å². The predicted octanol–water partition coefficient (Wildman–Crippen LogP) is 5.12. The third kappa shape index (κ3) is 7.76. The second-order valence-electron chi connectivity index (χ2n) is 6.38. The van der Waals surface area contributed by atoms with Crippen molar-refractivity contribution in [1.82, 2.24) is 0 Å². The van der Waals surface area contributed by atoms with E-state index in [9.17, 15) is 23.1 Å². The van der Waals surface area contributed by atoms with Crippen LogP contribution in [0.25, 0.3) is 6.08 Å². The van der Waals surface area contributed by atoms with E-state index in [2.05, 4.69) is 0 Å². The number of benzene rings is 2. The summed E-state index contributed by atoms with van der Waals surface area (Å²) >= 11 is 1.43. The molecule has 0 aliphatic heterocycles. The Morgan fingerprint density at radius 3 is 2.50 bits per heavy atom. The Bertz CT molecular complexity index is 864. The Morgan fingerprint density at radius 2 is 1.90 bits per heavy atom. The second-order valence-corrected chi connectivity index (χ2v) is 7.47. The van der Waals surface area contributed by atoms with Gasteiger partial charge in [-0.3, -0.25) is 0 Å². The molecule has 0 saturated carbocycles. The van der Waals surface area contributed by atoms with Gasteiger partial charge in [-0.25, -0.2) is 4.79 Å². The highest BCUT2D eigenvalue weighted by Crippen LogP contribution is 2.29. The molecule has 1 N–H and O–H groups in total. The van der Waals surface area contributed by atoms with E-state index in [0.29, 0.717) is 23.7 Å². The highest BCUT2D eigenvalue weighted by Gasteiger charge is 2.29. The van der Waals surface area contributed by atoms with E-state index in [-0.39, 0.29) is 6.61 Å². The third-order valence-corrected chi connectivity index (χ3v) is 5.06. The van der Waals surface area contributed by atoms with E-state index in [1.807, 2.05) is 19.1 Å². The number of rotatable bonds is 9. The molecule has 8 heteroatoms. The SMILES string of the molecule is CCOC(=O)COc1ccc(SCC(O)/C=C/c2ccc(C(F)(F)F)cc2)cc1C. The Morgan fingerprint density at radius 1 is 1.20 bits per heavy atom. The van der Waals surface area contributed by atoms with Gasteiger partial charge in [-0.15, -0.1) is 11.8 Å². The summed E-state index contributed by atoms with van der Waals surface area (Å²) in [7, 11) is 0. The number of aryl methyl sites for hydroxylation is 1. The molecule has 0 aliphatic carbocycles. The summed E-state index contributed by atoms with van der Waals surface area (Å²) in [5.74, 6) is 0.521. The number of hydrogen-bond acceptors (Lipinski definition) is 5. The van der Waals surface area contributed by atoms with E-state index >= 15 is 0 Å². The number of aliphatic hydroxyl groups is 1. The van der Waals surface area contributed by atoms with Crippen molar-refractivity contribution < 1.29 is 32.5 Å². The van der Waals surface area contributed by atoms with Crippen molar-refractivity contribution in [3.8, 4) is 5.75 Å². The van der Waals surface area contributed by atoms with Crippen LogP contribution in [-0.2, 0) is 15.7 Å². The number of halogens is 3. The highest BCUT2D eigenvalue weighted by molar-refractivity contribution is 7.99. The van der Waals surface area contributed by atoms with Crippen molar-refractivity contribution in [2.45, 2.75) is 31.0 Å². The Balaban J connectivity index is 1.85. The van der Waals surface area contributed by atoms with E-state index < -0.39 is 23.8 Å². The molecule has 0 bridgehead atoms. The summed E-state index contributed by atoms with van der Waals surface area (Å²) in [6.45, 7) is 3.72. The predicted molar refractivity (Wildman–Crippen MR) is 111 cm³/mol. The second kappa shape index (κ2) is 11.1. The maximum Gasteiger partial charge on any atom is 0.416 e. The van der Waals surface area contributed by atoms with Crippen LogP contribution in [0, 0.1) is 6.92 Å². The molecule has 0 saturated heterocycles. The molecular weight excluding hydrogens is 417 g/mol. The largest absolute Gasteiger partial charge is 0.482 e. The zero-order chi connectivity index (χ0) is 22.1. The Hall–Kier alpha value is -2.45. The zero-order valence-electron chi connectivity index (χ0n) is 16.6. The highest BCUT2D eigenvalue weighted by atomic mass is 32.2. The van der Waals surface area contributed by atoms with Gasteiger partial charge in [0, 0.05) is 10.6 Å². The van der Waals surface area contributed by atoms with Gasteiger partial charge in [0.05, 0.1) is 18.3 Å². The third-order valence-electron chi connectivity index (χ3n) is 3.97. The summed E-state index contributed by atoms with van der Waals surface area (Å²) < 4.78 is 48.0. The van der Waals surface area contributed by atoms with Gasteiger partial charge in [0.1, 0.15) is 5.75 Å². The number of aliphatic hydroxyl groups excluding tert-OH is 1. The summed E-state index contributed by atoms with van der Waals surface area (Å²) in [5.41, 5.74) is 0.714. The number of ether oxygens (including phenoxy) is 2. The Kier molecular flexibility index (Phi) is 8.80. The molecule has 0 radical (unpaired) electrons. The van der Waals surface area contributed by atoms with Crippen molar-refractivity contribution in [2.75, 3.05) is 19.0 Å². The molecule has 0 fully saturated rings. The van der Waals surface area contributed by atoms with Crippen molar-refractivity contribution in [3.63, 3.8) is 0 Å². The van der Waals surface area contributed by atoms with Gasteiger partial charge >= 0.3 is 12.1 Å². The molecule has 0 spiro atoms. The van der Waals surface area contributed by atoms with Gasteiger partial charge < -0.3 is 14.6 Å². The fourth-order valence-electron chi connectivity index (χ4n) is 2.46. The van der Waals surface area contributed by atoms with E-state index in [4.69, 9.17) is 9.47 Å². The van der Waals surface area contributed by atoms with Crippen LogP contribution in [0.3, 0.4) is 0 Å². The average Bonchev–Trinajstić information content (AvgIpc) is 2.70. The van der Waals surface area contributed by atoms with Crippen molar-refractivity contribution in [1.29, 1.82) is 0 Å². The van der Waals surface area contributed by atoms with Gasteiger partial charge in [0.25, 0.3) is 0 Å². The summed E-state index contributed by atoms with van der Waals surface area (Å²) in [6.07, 6.45) is -2.00. The number of hydrogen-bond donors (Lipinski definition) is 1. The molecule has 0 aromatic heterocycles. The molecule has 0 aliphatic rings. The van der Waals surface area contributed by atoms with Crippen LogP contribution < -0.4 is 4.74 Å². The molecule has 0 heterocycles. The zero-order valence-corrected chi connectivity index (χ0v) is 17.4. The van der Waals surface area contributed by atoms with Crippen molar-refractivity contribution in [3.05, 3.63) is 65.2 Å².